The minimum absolute atomic E-state index is 0.198. The Morgan fingerprint density at radius 2 is 1.42 bits per heavy atom. The molecule has 0 radical (unpaired) electrons. The average molecular weight is 274 g/mol. The molecule has 6 heteroatoms. The lowest BCUT2D eigenvalue weighted by molar-refractivity contribution is -0.241. The Morgan fingerprint density at radius 3 is 2.11 bits per heavy atom. The third-order valence-electron chi connectivity index (χ3n) is 3.58. The average Bonchev–Trinajstić information content (AvgIpc) is 2.74. The van der Waals surface area contributed by atoms with E-state index in [1.54, 1.807) is 7.11 Å². The van der Waals surface area contributed by atoms with Crippen molar-refractivity contribution in [3.05, 3.63) is 0 Å². The van der Waals surface area contributed by atoms with Gasteiger partial charge in [0.15, 0.2) is 17.9 Å². The van der Waals surface area contributed by atoms with E-state index in [4.69, 9.17) is 28.4 Å². The Kier molecular flexibility index (Phi) is 3.16. The summed E-state index contributed by atoms with van der Waals surface area (Å²) in [4.78, 5) is 0. The number of rotatable bonds is 2. The van der Waals surface area contributed by atoms with Gasteiger partial charge in [-0.05, 0) is 27.7 Å². The smallest absolute Gasteiger partial charge is 0.190 e. The van der Waals surface area contributed by atoms with Gasteiger partial charge in [-0.2, -0.15) is 0 Å². The molecule has 0 saturated carbocycles. The van der Waals surface area contributed by atoms with E-state index < -0.39 is 17.9 Å². The summed E-state index contributed by atoms with van der Waals surface area (Å²) in [6, 6.07) is 0. The second-order valence-corrected chi connectivity index (χ2v) is 6.16. The summed E-state index contributed by atoms with van der Waals surface area (Å²) in [7, 11) is 1.64. The molecule has 3 heterocycles. The van der Waals surface area contributed by atoms with Crippen molar-refractivity contribution in [2.45, 2.75) is 70.0 Å². The summed E-state index contributed by atoms with van der Waals surface area (Å²) in [6.07, 6.45) is -1.32. The van der Waals surface area contributed by atoms with Crippen molar-refractivity contribution in [1.29, 1.82) is 0 Å². The van der Waals surface area contributed by atoms with Crippen molar-refractivity contribution in [3.8, 4) is 0 Å². The molecule has 6 nitrogen and oxygen atoms in total. The predicted octanol–water partition coefficient (Wildman–Crippen LogP) is 1.03. The number of hydrogen-bond donors (Lipinski definition) is 0. The maximum absolute atomic E-state index is 5.97. The highest BCUT2D eigenvalue weighted by Gasteiger charge is 2.60. The maximum Gasteiger partial charge on any atom is 0.190 e. The summed E-state index contributed by atoms with van der Waals surface area (Å²) < 4.78 is 34.7. The molecule has 3 fully saturated rings. The third kappa shape index (κ3) is 2.41. The van der Waals surface area contributed by atoms with Crippen LogP contribution in [0.5, 0.6) is 0 Å². The van der Waals surface area contributed by atoms with Crippen molar-refractivity contribution >= 4 is 0 Å². The van der Waals surface area contributed by atoms with Crippen LogP contribution in [-0.4, -0.2) is 56.0 Å². The first-order chi connectivity index (χ1) is 8.81. The zero-order valence-electron chi connectivity index (χ0n) is 12.0. The fraction of sp³-hybridized carbons (Fsp3) is 1.00. The molecule has 3 aliphatic heterocycles. The van der Waals surface area contributed by atoms with Gasteiger partial charge < -0.3 is 28.4 Å². The van der Waals surface area contributed by atoms with Crippen LogP contribution in [0, 0.1) is 0 Å². The van der Waals surface area contributed by atoms with Gasteiger partial charge in [-0.15, -0.1) is 0 Å². The Bertz CT molecular complexity index is 355. The van der Waals surface area contributed by atoms with E-state index in [0.717, 1.165) is 0 Å². The first kappa shape index (κ1) is 13.7. The number of hydrogen-bond acceptors (Lipinski definition) is 6. The molecule has 0 unspecified atom stereocenters. The lowest BCUT2D eigenvalue weighted by atomic mass is 9.99. The zero-order valence-corrected chi connectivity index (χ0v) is 12.0. The second-order valence-electron chi connectivity index (χ2n) is 6.16. The third-order valence-corrected chi connectivity index (χ3v) is 3.58. The van der Waals surface area contributed by atoms with Gasteiger partial charge in [-0.3, -0.25) is 0 Å². The van der Waals surface area contributed by atoms with E-state index in [1.165, 1.54) is 0 Å². The Morgan fingerprint density at radius 1 is 0.842 bits per heavy atom. The summed E-state index contributed by atoms with van der Waals surface area (Å²) in [5, 5.41) is 0. The van der Waals surface area contributed by atoms with E-state index in [1.807, 2.05) is 27.7 Å². The van der Waals surface area contributed by atoms with E-state index in [9.17, 15) is 0 Å². The molecule has 3 saturated heterocycles. The van der Waals surface area contributed by atoms with Gasteiger partial charge in [-0.1, -0.05) is 0 Å². The fourth-order valence-corrected chi connectivity index (χ4v) is 2.99. The van der Waals surface area contributed by atoms with Crippen molar-refractivity contribution < 1.29 is 28.4 Å². The SMILES string of the molecule is COC[C@@H]1O[C@H]2OC(C)(C)O[C@@H]2[C@@H]2OC(C)(C)O[C@H]21. The summed E-state index contributed by atoms with van der Waals surface area (Å²) in [6.45, 7) is 7.97. The van der Waals surface area contributed by atoms with Gasteiger partial charge in [0, 0.05) is 7.11 Å². The van der Waals surface area contributed by atoms with Gasteiger partial charge in [0.05, 0.1) is 6.61 Å². The van der Waals surface area contributed by atoms with Gasteiger partial charge in [0.2, 0.25) is 0 Å². The van der Waals surface area contributed by atoms with Gasteiger partial charge in [0.1, 0.15) is 24.4 Å². The summed E-state index contributed by atoms with van der Waals surface area (Å²) in [5.41, 5.74) is 0. The maximum atomic E-state index is 5.97. The minimum atomic E-state index is -0.669. The number of methoxy groups -OCH3 is 1. The highest BCUT2D eigenvalue weighted by Crippen LogP contribution is 2.43. The van der Waals surface area contributed by atoms with Crippen LogP contribution >= 0.6 is 0 Å². The van der Waals surface area contributed by atoms with Crippen molar-refractivity contribution in [2.75, 3.05) is 13.7 Å². The molecular formula is C13H22O6. The van der Waals surface area contributed by atoms with Crippen molar-refractivity contribution in [1.82, 2.24) is 0 Å². The van der Waals surface area contributed by atoms with Crippen LogP contribution in [0.1, 0.15) is 27.7 Å². The molecule has 0 aliphatic carbocycles. The molecule has 0 bridgehead atoms. The quantitative estimate of drug-likeness (QED) is 0.749. The molecule has 0 aromatic rings. The molecule has 110 valence electrons. The first-order valence-electron chi connectivity index (χ1n) is 6.67. The standard InChI is InChI=1S/C13H22O6/c1-12(2)16-8-7(6-14-5)15-11-10(9(8)17-12)18-13(3,4)19-11/h7-11H,6H2,1-5H3/t7-,8-,9+,10+,11-/m0/s1. The zero-order chi connectivity index (χ0) is 13.8. The van der Waals surface area contributed by atoms with Crippen molar-refractivity contribution in [2.24, 2.45) is 0 Å². The molecule has 0 aromatic carbocycles. The van der Waals surface area contributed by atoms with Crippen LogP contribution in [0.25, 0.3) is 0 Å². The molecule has 0 aromatic heterocycles. The van der Waals surface area contributed by atoms with Crippen LogP contribution in [0.3, 0.4) is 0 Å². The van der Waals surface area contributed by atoms with Crippen molar-refractivity contribution in [3.63, 3.8) is 0 Å². The Labute approximate surface area is 113 Å². The monoisotopic (exact) mass is 274 g/mol. The predicted molar refractivity (Wildman–Crippen MR) is 64.4 cm³/mol. The fourth-order valence-electron chi connectivity index (χ4n) is 2.99. The van der Waals surface area contributed by atoms with Crippen LogP contribution in [0.15, 0.2) is 0 Å². The van der Waals surface area contributed by atoms with Crippen LogP contribution in [0.2, 0.25) is 0 Å². The highest BCUT2D eigenvalue weighted by atomic mass is 16.9. The highest BCUT2D eigenvalue weighted by molar-refractivity contribution is 4.99. The Balaban J connectivity index is 1.84. The van der Waals surface area contributed by atoms with Gasteiger partial charge in [-0.25, -0.2) is 0 Å². The van der Waals surface area contributed by atoms with E-state index >= 15 is 0 Å². The largest absolute Gasteiger partial charge is 0.382 e. The lowest BCUT2D eigenvalue weighted by Crippen LogP contribution is -2.56. The molecule has 0 spiro atoms. The Hall–Kier alpha value is -0.240. The van der Waals surface area contributed by atoms with Crippen LogP contribution < -0.4 is 0 Å². The number of ether oxygens (including phenoxy) is 6. The molecule has 3 rings (SSSR count). The molecule has 3 aliphatic rings. The second kappa shape index (κ2) is 4.38. The van der Waals surface area contributed by atoms with Crippen LogP contribution in [-0.2, 0) is 28.4 Å². The lowest BCUT2D eigenvalue weighted by Gasteiger charge is -2.36. The summed E-state index contributed by atoms with van der Waals surface area (Å²) >= 11 is 0. The normalized spacial score (nSPS) is 46.9. The molecule has 0 amide bonds. The first-order valence-corrected chi connectivity index (χ1v) is 6.67. The van der Waals surface area contributed by atoms with E-state index in [-0.39, 0.29) is 24.4 Å². The minimum Gasteiger partial charge on any atom is -0.382 e. The van der Waals surface area contributed by atoms with Gasteiger partial charge >= 0.3 is 0 Å². The molecule has 0 N–H and O–H groups in total. The van der Waals surface area contributed by atoms with E-state index in [0.29, 0.717) is 6.61 Å². The molecular weight excluding hydrogens is 252 g/mol. The summed E-state index contributed by atoms with van der Waals surface area (Å²) in [5.74, 6) is -1.31. The van der Waals surface area contributed by atoms with Gasteiger partial charge in [0.25, 0.3) is 0 Å². The van der Waals surface area contributed by atoms with Crippen LogP contribution in [0.4, 0.5) is 0 Å². The van der Waals surface area contributed by atoms with E-state index in [2.05, 4.69) is 0 Å². The topological polar surface area (TPSA) is 55.4 Å². The molecule has 19 heavy (non-hydrogen) atoms. The molecule has 5 atom stereocenters. The number of fused-ring (bicyclic) bond motifs is 3.